The van der Waals surface area contributed by atoms with Crippen LogP contribution in [0.4, 0.5) is 0 Å². The zero-order valence-corrected chi connectivity index (χ0v) is 13.0. The highest BCUT2D eigenvalue weighted by atomic mass is 16.1. The minimum atomic E-state index is -0.666. The van der Waals surface area contributed by atoms with Crippen LogP contribution in [0.1, 0.15) is 60.6 Å². The predicted octanol–water partition coefficient (Wildman–Crippen LogP) is 2.71. The van der Waals surface area contributed by atoms with E-state index < -0.39 is 5.91 Å². The number of nitrogens with one attached hydrogen (secondary N) is 1. The molecular weight excluding hydrogens is 290 g/mol. The van der Waals surface area contributed by atoms with E-state index in [1.54, 1.807) is 12.1 Å². The van der Waals surface area contributed by atoms with Gasteiger partial charge in [0.1, 0.15) is 5.69 Å². The van der Waals surface area contributed by atoms with Gasteiger partial charge in [-0.25, -0.2) is 0 Å². The van der Waals surface area contributed by atoms with E-state index in [1.165, 1.54) is 44.7 Å². The lowest BCUT2D eigenvalue weighted by Crippen LogP contribution is -2.18. The number of amides is 1. The molecule has 3 N–H and O–H groups in total. The minimum Gasteiger partial charge on any atom is -0.364 e. The topological polar surface area (TPSA) is 88.8 Å². The first-order valence-corrected chi connectivity index (χ1v) is 8.45. The lowest BCUT2D eigenvalue weighted by atomic mass is 9.82. The van der Waals surface area contributed by atoms with Crippen LogP contribution in [0.2, 0.25) is 0 Å². The van der Waals surface area contributed by atoms with Crippen LogP contribution in [0.3, 0.4) is 0 Å². The van der Waals surface area contributed by atoms with Gasteiger partial charge in [0.05, 0.1) is 10.9 Å². The fourth-order valence-electron chi connectivity index (χ4n) is 4.61. The van der Waals surface area contributed by atoms with Crippen molar-refractivity contribution in [1.82, 2.24) is 9.97 Å². The molecule has 5 nitrogen and oxygen atoms in total. The number of hydrogen-bond acceptors (Lipinski definition) is 3. The smallest absolute Gasteiger partial charge is 0.268 e. The average Bonchev–Trinajstić information content (AvgIpc) is 2.98. The Morgan fingerprint density at radius 1 is 1.22 bits per heavy atom. The fourth-order valence-corrected chi connectivity index (χ4v) is 4.61. The molecule has 23 heavy (non-hydrogen) atoms. The fraction of sp³-hybridized carbons (Fsp3) is 0.500. The third-order valence-electron chi connectivity index (χ3n) is 5.68. The number of aromatic nitrogens is 2. The van der Waals surface area contributed by atoms with E-state index in [-0.39, 0.29) is 11.1 Å². The van der Waals surface area contributed by atoms with Gasteiger partial charge in [-0.3, -0.25) is 14.6 Å². The van der Waals surface area contributed by atoms with E-state index in [1.807, 2.05) is 0 Å². The van der Waals surface area contributed by atoms with Crippen LogP contribution in [0.5, 0.6) is 0 Å². The van der Waals surface area contributed by atoms with Crippen molar-refractivity contribution >= 4 is 16.8 Å². The van der Waals surface area contributed by atoms with Crippen molar-refractivity contribution in [1.29, 1.82) is 0 Å². The molecule has 0 aromatic carbocycles. The SMILES string of the molecule is NC(=O)c1nccc2[nH]c(C3CC4CCCCC4C3)cc(=O)c12. The van der Waals surface area contributed by atoms with Crippen LogP contribution in [-0.4, -0.2) is 15.9 Å². The first-order valence-electron chi connectivity index (χ1n) is 8.45. The molecule has 120 valence electrons. The van der Waals surface area contributed by atoms with Gasteiger partial charge in [0, 0.05) is 18.0 Å². The summed E-state index contributed by atoms with van der Waals surface area (Å²) < 4.78 is 0. The summed E-state index contributed by atoms with van der Waals surface area (Å²) in [5.74, 6) is 1.38. The number of nitrogens with two attached hydrogens (primary N) is 1. The summed E-state index contributed by atoms with van der Waals surface area (Å²) in [7, 11) is 0. The maximum absolute atomic E-state index is 12.5. The molecule has 0 spiro atoms. The van der Waals surface area contributed by atoms with Crippen molar-refractivity contribution in [2.45, 2.75) is 44.4 Å². The lowest BCUT2D eigenvalue weighted by molar-refractivity contribution is 0.0997. The molecule has 0 bridgehead atoms. The molecule has 1 amide bonds. The molecule has 4 rings (SSSR count). The summed E-state index contributed by atoms with van der Waals surface area (Å²) in [5, 5.41) is 0.305. The predicted molar refractivity (Wildman–Crippen MR) is 88.3 cm³/mol. The number of carbonyl (C=O) groups excluding carboxylic acids is 1. The van der Waals surface area contributed by atoms with E-state index in [0.717, 1.165) is 17.5 Å². The maximum atomic E-state index is 12.5. The molecule has 2 saturated carbocycles. The molecule has 2 atom stereocenters. The highest BCUT2D eigenvalue weighted by Crippen LogP contribution is 2.48. The van der Waals surface area contributed by atoms with Crippen LogP contribution >= 0.6 is 0 Å². The molecular formula is C18H21N3O2. The summed E-state index contributed by atoms with van der Waals surface area (Å²) in [6, 6.07) is 3.40. The molecule has 2 aromatic rings. The van der Waals surface area contributed by atoms with Crippen LogP contribution < -0.4 is 11.2 Å². The van der Waals surface area contributed by atoms with Gasteiger partial charge in [-0.1, -0.05) is 25.7 Å². The van der Waals surface area contributed by atoms with E-state index in [0.29, 0.717) is 16.8 Å². The number of hydrogen-bond donors (Lipinski definition) is 2. The molecule has 2 fully saturated rings. The third-order valence-corrected chi connectivity index (χ3v) is 5.68. The molecule has 2 heterocycles. The van der Waals surface area contributed by atoms with Crippen molar-refractivity contribution in [2.75, 3.05) is 0 Å². The van der Waals surface area contributed by atoms with Crippen molar-refractivity contribution in [2.24, 2.45) is 17.6 Å². The van der Waals surface area contributed by atoms with Crippen LogP contribution in [0.25, 0.3) is 10.9 Å². The zero-order chi connectivity index (χ0) is 16.0. The summed E-state index contributed by atoms with van der Waals surface area (Å²) in [6.07, 6.45) is 9.20. The highest BCUT2D eigenvalue weighted by molar-refractivity contribution is 6.03. The minimum absolute atomic E-state index is 0.0513. The number of nitrogens with zero attached hydrogens (tertiary/aromatic N) is 1. The van der Waals surface area contributed by atoms with E-state index in [4.69, 9.17) is 5.73 Å². The van der Waals surface area contributed by atoms with Gasteiger partial charge in [0.2, 0.25) is 0 Å². The number of aromatic amines is 1. The Balaban J connectivity index is 1.75. The normalized spacial score (nSPS) is 27.0. The van der Waals surface area contributed by atoms with Gasteiger partial charge < -0.3 is 10.7 Å². The van der Waals surface area contributed by atoms with E-state index in [2.05, 4.69) is 9.97 Å². The van der Waals surface area contributed by atoms with Gasteiger partial charge in [0.15, 0.2) is 5.43 Å². The number of carbonyl (C=O) groups is 1. The Morgan fingerprint density at radius 2 is 1.91 bits per heavy atom. The largest absolute Gasteiger partial charge is 0.364 e. The van der Waals surface area contributed by atoms with E-state index >= 15 is 0 Å². The molecule has 0 saturated heterocycles. The van der Waals surface area contributed by atoms with E-state index in [9.17, 15) is 9.59 Å². The van der Waals surface area contributed by atoms with Crippen molar-refractivity contribution in [3.8, 4) is 0 Å². The summed E-state index contributed by atoms with van der Waals surface area (Å²) in [5.41, 5.74) is 6.88. The quantitative estimate of drug-likeness (QED) is 0.893. The van der Waals surface area contributed by atoms with Crippen molar-refractivity contribution in [3.63, 3.8) is 0 Å². The molecule has 5 heteroatoms. The molecule has 0 aliphatic heterocycles. The standard InChI is InChI=1S/C18H21N3O2/c19-18(23)17-16-13(5-6-20-17)21-14(9-15(16)22)12-7-10-3-1-2-4-11(10)8-12/h5-6,9-12H,1-4,7-8H2,(H2,19,23)(H,21,22). The van der Waals surface area contributed by atoms with Crippen LogP contribution in [0, 0.1) is 11.8 Å². The van der Waals surface area contributed by atoms with Gasteiger partial charge in [-0.05, 0) is 36.7 Å². The average molecular weight is 311 g/mol. The second-order valence-corrected chi connectivity index (χ2v) is 7.01. The van der Waals surface area contributed by atoms with Gasteiger partial charge in [-0.15, -0.1) is 0 Å². The Morgan fingerprint density at radius 3 is 2.57 bits per heavy atom. The Bertz CT molecular complexity index is 813. The Hall–Kier alpha value is -2.17. The van der Waals surface area contributed by atoms with Gasteiger partial charge >= 0.3 is 0 Å². The molecule has 2 unspecified atom stereocenters. The lowest BCUT2D eigenvalue weighted by Gasteiger charge is -2.24. The van der Waals surface area contributed by atoms with Gasteiger partial charge in [0.25, 0.3) is 5.91 Å². The third kappa shape index (κ3) is 2.44. The summed E-state index contributed by atoms with van der Waals surface area (Å²) >= 11 is 0. The number of pyridine rings is 2. The number of rotatable bonds is 2. The summed E-state index contributed by atoms with van der Waals surface area (Å²) in [4.78, 5) is 31.3. The number of fused-ring (bicyclic) bond motifs is 2. The van der Waals surface area contributed by atoms with Crippen LogP contribution in [0.15, 0.2) is 23.1 Å². The first-order chi connectivity index (χ1) is 11.1. The molecule has 2 aromatic heterocycles. The van der Waals surface area contributed by atoms with Crippen molar-refractivity contribution < 1.29 is 4.79 Å². The molecule has 2 aliphatic carbocycles. The molecule has 0 radical (unpaired) electrons. The zero-order valence-electron chi connectivity index (χ0n) is 13.0. The highest BCUT2D eigenvalue weighted by Gasteiger charge is 2.36. The second kappa shape index (κ2) is 5.48. The monoisotopic (exact) mass is 311 g/mol. The number of primary amides is 1. The van der Waals surface area contributed by atoms with Crippen molar-refractivity contribution in [3.05, 3.63) is 39.9 Å². The summed E-state index contributed by atoms with van der Waals surface area (Å²) in [6.45, 7) is 0. The first kappa shape index (κ1) is 14.4. The second-order valence-electron chi connectivity index (χ2n) is 7.01. The Kier molecular flexibility index (Phi) is 3.43. The van der Waals surface area contributed by atoms with Gasteiger partial charge in [-0.2, -0.15) is 0 Å². The maximum Gasteiger partial charge on any atom is 0.268 e. The number of H-pyrrole nitrogens is 1. The Labute approximate surface area is 134 Å². The molecule has 2 aliphatic rings. The van der Waals surface area contributed by atoms with Crippen LogP contribution in [-0.2, 0) is 0 Å².